The van der Waals surface area contributed by atoms with Crippen molar-refractivity contribution < 1.29 is 29.1 Å². The van der Waals surface area contributed by atoms with Gasteiger partial charge in [0.2, 0.25) is 23.6 Å². The van der Waals surface area contributed by atoms with Crippen LogP contribution in [0.2, 0.25) is 0 Å². The predicted octanol–water partition coefficient (Wildman–Crippen LogP) is -2.09. The fraction of sp³-hybridized carbons (Fsp3) is 0.706. The molecule has 4 amide bonds. The number of likely N-dealkylation sites (tertiary alicyclic amines) is 1. The molecule has 1 heterocycles. The molecule has 0 aromatic heterocycles. The number of carbonyl (C=O) groups excluding carboxylic acids is 4. The lowest BCUT2D eigenvalue weighted by Crippen LogP contribution is -2.54. The van der Waals surface area contributed by atoms with Crippen molar-refractivity contribution in [1.82, 2.24) is 15.5 Å². The number of nitrogens with two attached hydrogens (primary N) is 2. The van der Waals surface area contributed by atoms with E-state index in [0.29, 0.717) is 19.3 Å². The summed E-state index contributed by atoms with van der Waals surface area (Å²) in [5.74, 6) is -3.69. The zero-order chi connectivity index (χ0) is 21.4. The summed E-state index contributed by atoms with van der Waals surface area (Å²) < 4.78 is 0. The average molecular weight is 399 g/mol. The lowest BCUT2D eigenvalue weighted by Gasteiger charge is -2.26. The summed E-state index contributed by atoms with van der Waals surface area (Å²) >= 11 is 0. The number of hydrogen-bond acceptors (Lipinski definition) is 6. The van der Waals surface area contributed by atoms with Gasteiger partial charge in [0.25, 0.3) is 0 Å². The Morgan fingerprint density at radius 1 is 1.21 bits per heavy atom. The maximum absolute atomic E-state index is 12.6. The van der Waals surface area contributed by atoms with E-state index in [2.05, 4.69) is 10.6 Å². The van der Waals surface area contributed by atoms with Crippen molar-refractivity contribution in [2.45, 2.75) is 57.7 Å². The summed E-state index contributed by atoms with van der Waals surface area (Å²) in [6.45, 7) is 3.59. The molecule has 11 nitrogen and oxygen atoms in total. The van der Waals surface area contributed by atoms with Crippen LogP contribution in [0, 0.1) is 5.92 Å². The van der Waals surface area contributed by atoms with Gasteiger partial charge in [-0.3, -0.25) is 19.2 Å². The van der Waals surface area contributed by atoms with Crippen LogP contribution in [-0.4, -0.2) is 70.8 Å². The smallest absolute Gasteiger partial charge is 0.326 e. The zero-order valence-corrected chi connectivity index (χ0v) is 16.1. The van der Waals surface area contributed by atoms with Crippen molar-refractivity contribution in [3.8, 4) is 0 Å². The van der Waals surface area contributed by atoms with Gasteiger partial charge in [0.1, 0.15) is 12.1 Å². The molecule has 7 N–H and O–H groups in total. The highest BCUT2D eigenvalue weighted by Gasteiger charge is 2.38. The van der Waals surface area contributed by atoms with Gasteiger partial charge in [0.15, 0.2) is 0 Å². The van der Waals surface area contributed by atoms with E-state index in [-0.39, 0.29) is 12.5 Å². The van der Waals surface area contributed by atoms with Crippen LogP contribution < -0.4 is 22.1 Å². The molecule has 1 aliphatic heterocycles. The normalized spacial score (nSPS) is 18.4. The highest BCUT2D eigenvalue weighted by molar-refractivity contribution is 5.95. The lowest BCUT2D eigenvalue weighted by atomic mass is 10.0. The van der Waals surface area contributed by atoms with Crippen LogP contribution >= 0.6 is 0 Å². The lowest BCUT2D eigenvalue weighted by molar-refractivity contribution is -0.149. The molecule has 1 rings (SSSR count). The first kappa shape index (κ1) is 23.3. The van der Waals surface area contributed by atoms with Crippen LogP contribution in [0.1, 0.15) is 39.5 Å². The minimum absolute atomic E-state index is 0.204. The van der Waals surface area contributed by atoms with Crippen molar-refractivity contribution in [3.63, 3.8) is 0 Å². The molecule has 0 radical (unpaired) electrons. The first-order valence-corrected chi connectivity index (χ1v) is 9.17. The number of carboxylic acids is 1. The standard InChI is InChI=1S/C17H29N5O6/c1-9(2)6-10(18)15(25)20-8-14(24)21-11(7-13(19)23)16(26)22-5-3-4-12(22)17(27)28/h9-12H,3-8,18H2,1-2H3,(H2,19,23)(H,20,25)(H,21,24)(H,27,28). The SMILES string of the molecule is CC(C)CC(N)C(=O)NCC(=O)NC(CC(N)=O)C(=O)N1CCCC1C(=O)O. The number of carbonyl (C=O) groups is 5. The molecule has 0 aromatic rings. The van der Waals surface area contributed by atoms with Gasteiger partial charge in [-0.2, -0.15) is 0 Å². The Bertz CT molecular complexity index is 623. The van der Waals surface area contributed by atoms with Crippen LogP contribution in [0.3, 0.4) is 0 Å². The van der Waals surface area contributed by atoms with Crippen molar-refractivity contribution in [2.75, 3.05) is 13.1 Å². The zero-order valence-electron chi connectivity index (χ0n) is 16.1. The Balaban J connectivity index is 2.69. The van der Waals surface area contributed by atoms with E-state index in [4.69, 9.17) is 11.5 Å². The number of rotatable bonds is 10. The van der Waals surface area contributed by atoms with E-state index in [1.165, 1.54) is 0 Å². The molecule has 0 spiro atoms. The Morgan fingerprint density at radius 3 is 2.39 bits per heavy atom. The van der Waals surface area contributed by atoms with Gasteiger partial charge in [-0.1, -0.05) is 13.8 Å². The Hall–Kier alpha value is -2.69. The first-order chi connectivity index (χ1) is 13.0. The topological polar surface area (TPSA) is 185 Å². The summed E-state index contributed by atoms with van der Waals surface area (Å²) in [5, 5.41) is 13.9. The van der Waals surface area contributed by atoms with Crippen molar-refractivity contribution in [2.24, 2.45) is 17.4 Å². The van der Waals surface area contributed by atoms with Crippen LogP contribution in [0.25, 0.3) is 0 Å². The number of nitrogens with one attached hydrogen (secondary N) is 2. The summed E-state index contributed by atoms with van der Waals surface area (Å²) in [4.78, 5) is 60.3. The van der Waals surface area contributed by atoms with E-state index >= 15 is 0 Å². The molecule has 1 aliphatic rings. The molecular weight excluding hydrogens is 370 g/mol. The molecule has 3 atom stereocenters. The van der Waals surface area contributed by atoms with Crippen molar-refractivity contribution in [3.05, 3.63) is 0 Å². The minimum atomic E-state index is -1.30. The van der Waals surface area contributed by atoms with Crippen molar-refractivity contribution >= 4 is 29.6 Å². The summed E-state index contributed by atoms with van der Waals surface area (Å²) in [5.41, 5.74) is 10.9. The van der Waals surface area contributed by atoms with Gasteiger partial charge in [0.05, 0.1) is 19.0 Å². The summed E-state index contributed by atoms with van der Waals surface area (Å²) in [7, 11) is 0. The van der Waals surface area contributed by atoms with Gasteiger partial charge in [-0.15, -0.1) is 0 Å². The molecule has 0 saturated carbocycles. The quantitative estimate of drug-likeness (QED) is 0.279. The number of primary amides is 1. The maximum Gasteiger partial charge on any atom is 0.326 e. The molecule has 11 heteroatoms. The predicted molar refractivity (Wildman–Crippen MR) is 98.6 cm³/mol. The van der Waals surface area contributed by atoms with Gasteiger partial charge in [-0.05, 0) is 25.2 Å². The monoisotopic (exact) mass is 399 g/mol. The molecule has 1 saturated heterocycles. The maximum atomic E-state index is 12.6. The number of carboxylic acid groups (broad SMARTS) is 1. The molecule has 0 bridgehead atoms. The fourth-order valence-corrected chi connectivity index (χ4v) is 3.05. The third-order valence-electron chi connectivity index (χ3n) is 4.34. The second-order valence-corrected chi connectivity index (χ2v) is 7.27. The van der Waals surface area contributed by atoms with E-state index in [9.17, 15) is 29.1 Å². The summed E-state index contributed by atoms with van der Waals surface area (Å²) in [6, 6.07) is -3.07. The Morgan fingerprint density at radius 2 is 1.86 bits per heavy atom. The van der Waals surface area contributed by atoms with Gasteiger partial charge >= 0.3 is 5.97 Å². The van der Waals surface area contributed by atoms with Gasteiger partial charge in [-0.25, -0.2) is 4.79 Å². The Kier molecular flexibility index (Phi) is 8.83. The number of amides is 4. The fourth-order valence-electron chi connectivity index (χ4n) is 3.05. The molecule has 0 aromatic carbocycles. The number of nitrogens with zero attached hydrogens (tertiary/aromatic N) is 1. The molecule has 158 valence electrons. The van der Waals surface area contributed by atoms with Crippen LogP contribution in [0.5, 0.6) is 0 Å². The molecule has 0 aliphatic carbocycles. The average Bonchev–Trinajstić information content (AvgIpc) is 3.07. The molecule has 3 unspecified atom stereocenters. The van der Waals surface area contributed by atoms with E-state index in [1.54, 1.807) is 0 Å². The Labute approximate surface area is 163 Å². The summed E-state index contributed by atoms with van der Waals surface area (Å²) in [6.07, 6.45) is 0.766. The van der Waals surface area contributed by atoms with Crippen molar-refractivity contribution in [1.29, 1.82) is 0 Å². The van der Waals surface area contributed by atoms with Gasteiger partial charge < -0.3 is 32.1 Å². The second-order valence-electron chi connectivity index (χ2n) is 7.27. The third-order valence-corrected chi connectivity index (χ3v) is 4.34. The van der Waals surface area contributed by atoms with Crippen LogP contribution in [-0.2, 0) is 24.0 Å². The van der Waals surface area contributed by atoms with Gasteiger partial charge in [0, 0.05) is 6.54 Å². The molecular formula is C17H29N5O6. The largest absolute Gasteiger partial charge is 0.480 e. The first-order valence-electron chi connectivity index (χ1n) is 9.17. The van der Waals surface area contributed by atoms with E-state index in [1.807, 2.05) is 13.8 Å². The second kappa shape index (κ2) is 10.6. The number of hydrogen-bond donors (Lipinski definition) is 5. The number of aliphatic carboxylic acids is 1. The van der Waals surface area contributed by atoms with E-state index in [0.717, 1.165) is 4.90 Å². The molecule has 1 fully saturated rings. The molecule has 28 heavy (non-hydrogen) atoms. The third kappa shape index (κ3) is 7.14. The van der Waals surface area contributed by atoms with E-state index < -0.39 is 60.7 Å². The van der Waals surface area contributed by atoms with Crippen LogP contribution in [0.4, 0.5) is 0 Å². The minimum Gasteiger partial charge on any atom is -0.480 e. The highest BCUT2D eigenvalue weighted by Crippen LogP contribution is 2.19. The highest BCUT2D eigenvalue weighted by atomic mass is 16.4. The van der Waals surface area contributed by atoms with Crippen LogP contribution in [0.15, 0.2) is 0 Å².